The van der Waals surface area contributed by atoms with Gasteiger partial charge in [0.05, 0.1) is 23.5 Å². The minimum atomic E-state index is -0.685. The predicted molar refractivity (Wildman–Crippen MR) is 132 cm³/mol. The molecule has 0 fully saturated rings. The lowest BCUT2D eigenvalue weighted by molar-refractivity contribution is -0.116. The second-order valence-corrected chi connectivity index (χ2v) is 9.05. The van der Waals surface area contributed by atoms with Gasteiger partial charge in [-0.3, -0.25) is 14.2 Å². The van der Waals surface area contributed by atoms with Crippen LogP contribution in [0.4, 0.5) is 5.69 Å². The topological polar surface area (TPSA) is 112 Å². The van der Waals surface area contributed by atoms with E-state index in [9.17, 15) is 19.2 Å². The number of hydrogen-bond donors (Lipinski definition) is 1. The minimum Gasteiger partial charge on any atom is -0.462 e. The number of thiazole rings is 1. The zero-order valence-corrected chi connectivity index (χ0v) is 19.9. The molecular formula is C23H20N4O5S2. The van der Waals surface area contributed by atoms with E-state index in [-0.39, 0.29) is 28.2 Å². The number of nitrogens with one attached hydrogen (secondary N) is 1. The van der Waals surface area contributed by atoms with Gasteiger partial charge in [0, 0.05) is 0 Å². The molecule has 0 saturated carbocycles. The Labute approximate surface area is 202 Å². The van der Waals surface area contributed by atoms with E-state index in [1.54, 1.807) is 61.5 Å². The van der Waals surface area contributed by atoms with Crippen LogP contribution in [0.2, 0.25) is 0 Å². The van der Waals surface area contributed by atoms with Crippen molar-refractivity contribution in [1.29, 1.82) is 0 Å². The number of nitrogens with zero attached hydrogens (tertiary/aromatic N) is 3. The summed E-state index contributed by atoms with van der Waals surface area (Å²) in [5, 5.41) is 2.67. The summed E-state index contributed by atoms with van der Waals surface area (Å²) in [4.78, 5) is 56.1. The number of amides is 1. The molecule has 2 aromatic heterocycles. The lowest BCUT2D eigenvalue weighted by Crippen LogP contribution is -2.40. The maximum Gasteiger partial charge on any atom is 0.340 e. The van der Waals surface area contributed by atoms with Crippen LogP contribution >= 0.6 is 23.1 Å². The minimum absolute atomic E-state index is 0.144. The van der Waals surface area contributed by atoms with Gasteiger partial charge in [0.15, 0.2) is 9.99 Å². The van der Waals surface area contributed by atoms with Crippen molar-refractivity contribution < 1.29 is 14.3 Å². The fourth-order valence-electron chi connectivity index (χ4n) is 3.36. The Kier molecular flexibility index (Phi) is 6.94. The first-order valence-electron chi connectivity index (χ1n) is 10.3. The van der Waals surface area contributed by atoms with Gasteiger partial charge in [-0.25, -0.2) is 19.1 Å². The molecule has 0 saturated heterocycles. The van der Waals surface area contributed by atoms with Crippen molar-refractivity contribution in [3.05, 3.63) is 81.0 Å². The second kappa shape index (κ2) is 10.1. The second-order valence-electron chi connectivity index (χ2n) is 7.00. The number of esters is 1. The molecular weight excluding hydrogens is 476 g/mol. The van der Waals surface area contributed by atoms with E-state index in [2.05, 4.69) is 10.3 Å². The standard InChI is InChI=1S/C23H20N4O5S2/c1-3-32-21(30)15-11-7-8-12-16(15)24-17(28)13-26-19-18(34-22(25-19)33-2)20(29)27(23(26)31)14-9-5-4-6-10-14/h4-12H,3,13H2,1-2H3,(H,24,28). The molecule has 174 valence electrons. The summed E-state index contributed by atoms with van der Waals surface area (Å²) < 4.78 is 8.11. The van der Waals surface area contributed by atoms with Crippen LogP contribution in [0, 0.1) is 0 Å². The molecule has 4 rings (SSSR count). The molecule has 4 aromatic rings. The molecule has 34 heavy (non-hydrogen) atoms. The van der Waals surface area contributed by atoms with Crippen LogP contribution in [0.25, 0.3) is 16.0 Å². The number of ether oxygens (including phenoxy) is 1. The van der Waals surface area contributed by atoms with Gasteiger partial charge >= 0.3 is 11.7 Å². The first kappa shape index (κ1) is 23.5. The van der Waals surface area contributed by atoms with Gasteiger partial charge in [0.2, 0.25) is 5.91 Å². The van der Waals surface area contributed by atoms with Crippen molar-refractivity contribution in [2.75, 3.05) is 18.2 Å². The molecule has 2 heterocycles. The van der Waals surface area contributed by atoms with Crippen molar-refractivity contribution >= 4 is 51.0 Å². The van der Waals surface area contributed by atoms with Gasteiger partial charge in [0.1, 0.15) is 11.2 Å². The third-order valence-corrected chi connectivity index (χ3v) is 6.87. The molecule has 0 spiro atoms. The SMILES string of the molecule is CCOC(=O)c1ccccc1NC(=O)Cn1c(=O)n(-c2ccccc2)c(=O)c2sc(SC)nc21. The van der Waals surface area contributed by atoms with Crippen molar-refractivity contribution in [1.82, 2.24) is 14.1 Å². The van der Waals surface area contributed by atoms with Crippen LogP contribution in [-0.4, -0.2) is 38.9 Å². The Morgan fingerprint density at radius 2 is 1.79 bits per heavy atom. The lowest BCUT2D eigenvalue weighted by atomic mass is 10.2. The zero-order chi connectivity index (χ0) is 24.2. The molecule has 0 aliphatic rings. The average Bonchev–Trinajstić information content (AvgIpc) is 3.28. The summed E-state index contributed by atoms with van der Waals surface area (Å²) >= 11 is 2.51. The summed E-state index contributed by atoms with van der Waals surface area (Å²) in [6.07, 6.45) is 1.81. The number of anilines is 1. The van der Waals surface area contributed by atoms with E-state index in [0.29, 0.717) is 10.0 Å². The quantitative estimate of drug-likeness (QED) is 0.309. The molecule has 1 N–H and O–H groups in total. The van der Waals surface area contributed by atoms with Crippen LogP contribution in [0.3, 0.4) is 0 Å². The zero-order valence-electron chi connectivity index (χ0n) is 18.3. The molecule has 0 atom stereocenters. The highest BCUT2D eigenvalue weighted by molar-refractivity contribution is 8.00. The number of carbonyl (C=O) groups is 2. The molecule has 2 aromatic carbocycles. The molecule has 0 aliphatic heterocycles. The molecule has 0 radical (unpaired) electrons. The Bertz CT molecular complexity index is 1490. The summed E-state index contributed by atoms with van der Waals surface area (Å²) in [6, 6.07) is 14.9. The van der Waals surface area contributed by atoms with Gasteiger partial charge in [-0.1, -0.05) is 42.1 Å². The summed E-state index contributed by atoms with van der Waals surface area (Å²) in [5.74, 6) is -1.13. The van der Waals surface area contributed by atoms with Gasteiger partial charge < -0.3 is 10.1 Å². The van der Waals surface area contributed by atoms with Crippen molar-refractivity contribution in [3.8, 4) is 5.69 Å². The number of para-hydroxylation sites is 2. The maximum atomic E-state index is 13.4. The van der Waals surface area contributed by atoms with E-state index < -0.39 is 29.7 Å². The smallest absolute Gasteiger partial charge is 0.340 e. The number of hydrogen-bond acceptors (Lipinski definition) is 8. The number of rotatable bonds is 7. The highest BCUT2D eigenvalue weighted by Crippen LogP contribution is 2.25. The average molecular weight is 497 g/mol. The van der Waals surface area contributed by atoms with E-state index in [1.807, 2.05) is 6.26 Å². The Balaban J connectivity index is 1.78. The lowest BCUT2D eigenvalue weighted by Gasteiger charge is -2.13. The Hall–Kier alpha value is -3.70. The van der Waals surface area contributed by atoms with Crippen LogP contribution < -0.4 is 16.6 Å². The van der Waals surface area contributed by atoms with Crippen molar-refractivity contribution in [2.45, 2.75) is 17.8 Å². The number of benzene rings is 2. The first-order chi connectivity index (χ1) is 16.4. The number of thioether (sulfide) groups is 1. The monoisotopic (exact) mass is 496 g/mol. The number of fused-ring (bicyclic) bond motifs is 1. The molecule has 1 amide bonds. The van der Waals surface area contributed by atoms with E-state index in [4.69, 9.17) is 4.74 Å². The van der Waals surface area contributed by atoms with Gasteiger partial charge in [0.25, 0.3) is 5.56 Å². The van der Waals surface area contributed by atoms with Crippen molar-refractivity contribution in [2.24, 2.45) is 0 Å². The normalized spacial score (nSPS) is 10.9. The molecule has 0 aliphatic carbocycles. The highest BCUT2D eigenvalue weighted by atomic mass is 32.2. The third-order valence-electron chi connectivity index (χ3n) is 4.85. The first-order valence-corrected chi connectivity index (χ1v) is 12.3. The van der Waals surface area contributed by atoms with Gasteiger partial charge in [-0.05, 0) is 37.4 Å². The largest absolute Gasteiger partial charge is 0.462 e. The highest BCUT2D eigenvalue weighted by Gasteiger charge is 2.21. The third kappa shape index (κ3) is 4.52. The Morgan fingerprint density at radius 1 is 1.09 bits per heavy atom. The van der Waals surface area contributed by atoms with E-state index >= 15 is 0 Å². The van der Waals surface area contributed by atoms with E-state index in [1.165, 1.54) is 16.3 Å². The van der Waals surface area contributed by atoms with Gasteiger partial charge in [-0.2, -0.15) is 0 Å². The molecule has 9 nitrogen and oxygen atoms in total. The molecule has 0 bridgehead atoms. The molecule has 0 unspecified atom stereocenters. The van der Waals surface area contributed by atoms with Gasteiger partial charge in [-0.15, -0.1) is 11.3 Å². The Morgan fingerprint density at radius 3 is 2.50 bits per heavy atom. The fourth-order valence-corrected chi connectivity index (χ4v) is 4.86. The maximum absolute atomic E-state index is 13.4. The summed E-state index contributed by atoms with van der Waals surface area (Å²) in [7, 11) is 0. The fraction of sp³-hybridized carbons (Fsp3) is 0.174. The van der Waals surface area contributed by atoms with Crippen molar-refractivity contribution in [3.63, 3.8) is 0 Å². The number of aromatic nitrogens is 3. The summed E-state index contributed by atoms with van der Waals surface area (Å²) in [5.41, 5.74) is -0.188. The predicted octanol–water partition coefficient (Wildman–Crippen LogP) is 3.15. The van der Waals surface area contributed by atoms with Crippen LogP contribution in [-0.2, 0) is 16.1 Å². The van der Waals surface area contributed by atoms with E-state index in [0.717, 1.165) is 15.9 Å². The number of carbonyl (C=O) groups excluding carboxylic acids is 2. The molecule has 11 heteroatoms. The van der Waals surface area contributed by atoms with Crippen LogP contribution in [0.5, 0.6) is 0 Å². The van der Waals surface area contributed by atoms with Crippen LogP contribution in [0.15, 0.2) is 68.5 Å². The van der Waals surface area contributed by atoms with Crippen LogP contribution in [0.1, 0.15) is 17.3 Å². The summed E-state index contributed by atoms with van der Waals surface area (Å²) in [6.45, 7) is 1.48.